The van der Waals surface area contributed by atoms with Crippen molar-refractivity contribution in [2.75, 3.05) is 11.8 Å². The third kappa shape index (κ3) is 3.32. The van der Waals surface area contributed by atoms with Crippen LogP contribution in [0.25, 0.3) is 0 Å². The number of nitrogens with two attached hydrogens (primary N) is 1. The van der Waals surface area contributed by atoms with Gasteiger partial charge in [-0.05, 0) is 29.8 Å². The number of hydrogen-bond acceptors (Lipinski definition) is 4. The van der Waals surface area contributed by atoms with Gasteiger partial charge in [0.2, 0.25) is 0 Å². The van der Waals surface area contributed by atoms with Crippen LogP contribution in [0.15, 0.2) is 47.4 Å². The number of rotatable bonds is 5. The predicted octanol–water partition coefficient (Wildman–Crippen LogP) is 2.09. The molecule has 0 fully saturated rings. The van der Waals surface area contributed by atoms with E-state index in [0.29, 0.717) is 0 Å². The van der Waals surface area contributed by atoms with Gasteiger partial charge in [0.05, 0.1) is 12.8 Å². The highest BCUT2D eigenvalue weighted by Gasteiger charge is 2.21. The molecule has 2 aromatic rings. The SMILES string of the molecule is COc1cc(CN)ccc1S(=O)(=O)Nc1ccccc1F. The Balaban J connectivity index is 2.42. The maximum Gasteiger partial charge on any atom is 0.265 e. The van der Waals surface area contributed by atoms with Gasteiger partial charge in [0, 0.05) is 6.54 Å². The van der Waals surface area contributed by atoms with Gasteiger partial charge >= 0.3 is 0 Å². The number of nitrogens with one attached hydrogen (secondary N) is 1. The fourth-order valence-electron chi connectivity index (χ4n) is 1.80. The van der Waals surface area contributed by atoms with E-state index in [1.54, 1.807) is 6.07 Å². The predicted molar refractivity (Wildman–Crippen MR) is 78.1 cm³/mol. The Bertz CT molecular complexity index is 748. The van der Waals surface area contributed by atoms with Gasteiger partial charge < -0.3 is 10.5 Å². The number of methoxy groups -OCH3 is 1. The first-order valence-corrected chi connectivity index (χ1v) is 7.60. The van der Waals surface area contributed by atoms with Crippen molar-refractivity contribution in [2.45, 2.75) is 11.4 Å². The summed E-state index contributed by atoms with van der Waals surface area (Å²) < 4.78 is 45.5. The summed E-state index contributed by atoms with van der Waals surface area (Å²) in [5.74, 6) is -0.500. The minimum Gasteiger partial charge on any atom is -0.495 e. The van der Waals surface area contributed by atoms with Crippen molar-refractivity contribution in [2.24, 2.45) is 5.73 Å². The summed E-state index contributed by atoms with van der Waals surface area (Å²) in [6, 6.07) is 10.0. The van der Waals surface area contributed by atoms with Crippen molar-refractivity contribution in [1.29, 1.82) is 0 Å². The number of hydrogen-bond donors (Lipinski definition) is 2. The van der Waals surface area contributed by atoms with Crippen LogP contribution in [0.4, 0.5) is 10.1 Å². The third-order valence-corrected chi connectivity index (χ3v) is 4.28. The lowest BCUT2D eigenvalue weighted by Gasteiger charge is -2.13. The zero-order chi connectivity index (χ0) is 15.5. The van der Waals surface area contributed by atoms with Crippen molar-refractivity contribution in [3.8, 4) is 5.75 Å². The number of halogens is 1. The maximum absolute atomic E-state index is 13.6. The highest BCUT2D eigenvalue weighted by molar-refractivity contribution is 7.92. The van der Waals surface area contributed by atoms with Crippen LogP contribution in [-0.2, 0) is 16.6 Å². The Morgan fingerprint density at radius 3 is 2.57 bits per heavy atom. The summed E-state index contributed by atoms with van der Waals surface area (Å²) in [5.41, 5.74) is 6.12. The van der Waals surface area contributed by atoms with Gasteiger partial charge in [0.25, 0.3) is 10.0 Å². The summed E-state index contributed by atoms with van der Waals surface area (Å²) in [4.78, 5) is -0.0783. The van der Waals surface area contributed by atoms with E-state index in [2.05, 4.69) is 4.72 Å². The molecule has 0 bridgehead atoms. The minimum atomic E-state index is -3.96. The molecule has 3 N–H and O–H groups in total. The van der Waals surface area contributed by atoms with Crippen LogP contribution in [0.3, 0.4) is 0 Å². The molecule has 0 heterocycles. The summed E-state index contributed by atoms with van der Waals surface area (Å²) in [7, 11) is -2.60. The molecule has 112 valence electrons. The molecule has 0 atom stereocenters. The van der Waals surface area contributed by atoms with Gasteiger partial charge in [-0.15, -0.1) is 0 Å². The van der Waals surface area contributed by atoms with Crippen molar-refractivity contribution < 1.29 is 17.5 Å². The first kappa shape index (κ1) is 15.3. The number of benzene rings is 2. The zero-order valence-electron chi connectivity index (χ0n) is 11.3. The number of anilines is 1. The molecule has 0 saturated carbocycles. The average molecular weight is 310 g/mol. The van der Waals surface area contributed by atoms with Crippen molar-refractivity contribution in [3.05, 3.63) is 53.8 Å². The third-order valence-electron chi connectivity index (χ3n) is 2.87. The molecule has 0 amide bonds. The zero-order valence-corrected chi connectivity index (χ0v) is 12.2. The first-order valence-electron chi connectivity index (χ1n) is 6.12. The van der Waals surface area contributed by atoms with Gasteiger partial charge in [-0.2, -0.15) is 0 Å². The van der Waals surface area contributed by atoms with Gasteiger partial charge in [-0.1, -0.05) is 18.2 Å². The molecule has 21 heavy (non-hydrogen) atoms. The molecule has 0 aromatic heterocycles. The minimum absolute atomic E-state index is 0.0783. The largest absolute Gasteiger partial charge is 0.495 e. The topological polar surface area (TPSA) is 81.4 Å². The normalized spacial score (nSPS) is 11.2. The van der Waals surface area contributed by atoms with Crippen LogP contribution < -0.4 is 15.2 Å². The molecule has 7 heteroatoms. The second kappa shape index (κ2) is 6.11. The van der Waals surface area contributed by atoms with Gasteiger partial charge in [-0.25, -0.2) is 12.8 Å². The molecule has 0 unspecified atom stereocenters. The molecule has 0 spiro atoms. The van der Waals surface area contributed by atoms with Gasteiger partial charge in [0.1, 0.15) is 16.5 Å². The van der Waals surface area contributed by atoms with E-state index in [9.17, 15) is 12.8 Å². The van der Waals surface area contributed by atoms with Crippen LogP contribution in [-0.4, -0.2) is 15.5 Å². The van der Waals surface area contributed by atoms with Crippen LogP contribution in [0.5, 0.6) is 5.75 Å². The molecule has 5 nitrogen and oxygen atoms in total. The average Bonchev–Trinajstić information content (AvgIpc) is 2.48. The van der Waals surface area contributed by atoms with Crippen molar-refractivity contribution in [1.82, 2.24) is 0 Å². The Labute approximate surface area is 122 Å². The standard InChI is InChI=1S/C14H15FN2O3S/c1-20-13-8-10(9-16)6-7-14(13)21(18,19)17-12-5-3-2-4-11(12)15/h2-8,17H,9,16H2,1H3. The number of sulfonamides is 1. The lowest BCUT2D eigenvalue weighted by Crippen LogP contribution is -2.15. The summed E-state index contributed by atoms with van der Waals surface area (Å²) in [5, 5.41) is 0. The molecule has 2 aromatic carbocycles. The highest BCUT2D eigenvalue weighted by atomic mass is 32.2. The molecule has 0 aliphatic heterocycles. The lowest BCUT2D eigenvalue weighted by molar-refractivity contribution is 0.402. The van der Waals surface area contributed by atoms with Crippen LogP contribution >= 0.6 is 0 Å². The molecule has 0 aliphatic carbocycles. The summed E-state index contributed by atoms with van der Waals surface area (Å²) >= 11 is 0. The van der Waals surface area contributed by atoms with E-state index in [1.165, 1.54) is 43.5 Å². The maximum atomic E-state index is 13.6. The Hall–Kier alpha value is -2.12. The highest BCUT2D eigenvalue weighted by Crippen LogP contribution is 2.27. The second-order valence-electron chi connectivity index (χ2n) is 4.27. The smallest absolute Gasteiger partial charge is 0.265 e. The Kier molecular flexibility index (Phi) is 4.44. The van der Waals surface area contributed by atoms with Gasteiger partial charge in [-0.3, -0.25) is 4.72 Å². The van der Waals surface area contributed by atoms with Crippen molar-refractivity contribution in [3.63, 3.8) is 0 Å². The van der Waals surface area contributed by atoms with Gasteiger partial charge in [0.15, 0.2) is 0 Å². The fourth-order valence-corrected chi connectivity index (χ4v) is 3.02. The molecule has 0 radical (unpaired) electrons. The molecular formula is C14H15FN2O3S. The van der Waals surface area contributed by atoms with E-state index in [0.717, 1.165) is 5.56 Å². The summed E-state index contributed by atoms with van der Waals surface area (Å²) in [6.07, 6.45) is 0. The van der Waals surface area contributed by atoms with Crippen LogP contribution in [0, 0.1) is 5.82 Å². The second-order valence-corrected chi connectivity index (χ2v) is 5.93. The van der Waals surface area contributed by atoms with E-state index in [1.807, 2.05) is 0 Å². The summed E-state index contributed by atoms with van der Waals surface area (Å²) in [6.45, 7) is 0.261. The van der Waals surface area contributed by atoms with E-state index < -0.39 is 15.8 Å². The Morgan fingerprint density at radius 1 is 1.24 bits per heavy atom. The van der Waals surface area contributed by atoms with E-state index in [4.69, 9.17) is 10.5 Å². The van der Waals surface area contributed by atoms with Crippen LogP contribution in [0.2, 0.25) is 0 Å². The number of para-hydroxylation sites is 1. The van der Waals surface area contributed by atoms with Crippen LogP contribution in [0.1, 0.15) is 5.56 Å². The van der Waals surface area contributed by atoms with E-state index in [-0.39, 0.29) is 22.9 Å². The molecule has 0 saturated heterocycles. The fraction of sp³-hybridized carbons (Fsp3) is 0.143. The molecule has 2 rings (SSSR count). The first-order chi connectivity index (χ1) is 9.97. The molecule has 0 aliphatic rings. The monoisotopic (exact) mass is 310 g/mol. The van der Waals surface area contributed by atoms with Crippen molar-refractivity contribution >= 4 is 15.7 Å². The lowest BCUT2D eigenvalue weighted by atomic mass is 10.2. The molecular weight excluding hydrogens is 295 g/mol. The van der Waals surface area contributed by atoms with E-state index >= 15 is 0 Å². The number of ether oxygens (including phenoxy) is 1. The quantitative estimate of drug-likeness (QED) is 0.886. The Morgan fingerprint density at radius 2 is 1.95 bits per heavy atom.